The van der Waals surface area contributed by atoms with Gasteiger partial charge in [-0.25, -0.2) is 13.2 Å². The van der Waals surface area contributed by atoms with Crippen molar-refractivity contribution < 1.29 is 27.6 Å². The molecule has 0 aliphatic carbocycles. The number of hydrogen-bond acceptors (Lipinski definition) is 6. The first-order chi connectivity index (χ1) is 13.8. The van der Waals surface area contributed by atoms with Crippen LogP contribution in [0, 0.1) is 0 Å². The molecule has 1 aliphatic heterocycles. The molecule has 0 saturated carbocycles. The monoisotopic (exact) mass is 435 g/mol. The molecule has 1 aliphatic rings. The second-order valence-corrected chi connectivity index (χ2v) is 7.95. The molecular formula is C18H14ClN3O6S. The van der Waals surface area contributed by atoms with E-state index in [1.165, 1.54) is 12.1 Å². The molecule has 0 fully saturated rings. The lowest BCUT2D eigenvalue weighted by Crippen LogP contribution is -2.34. The van der Waals surface area contributed by atoms with Gasteiger partial charge in [0.15, 0.2) is 0 Å². The van der Waals surface area contributed by atoms with Gasteiger partial charge in [0.05, 0.1) is 17.5 Å². The Labute approximate surface area is 170 Å². The Bertz CT molecular complexity index is 1060. The van der Waals surface area contributed by atoms with E-state index in [0.717, 1.165) is 22.2 Å². The van der Waals surface area contributed by atoms with Crippen molar-refractivity contribution in [2.24, 2.45) is 4.99 Å². The molecule has 1 heterocycles. The van der Waals surface area contributed by atoms with E-state index in [-0.39, 0.29) is 11.4 Å². The van der Waals surface area contributed by atoms with Gasteiger partial charge in [0.1, 0.15) is 0 Å². The number of hydrogen-bond donors (Lipinski definition) is 1. The topological polar surface area (TPSA) is 122 Å². The Morgan fingerprint density at radius 2 is 1.62 bits per heavy atom. The molecule has 2 aromatic carbocycles. The van der Waals surface area contributed by atoms with Crippen molar-refractivity contribution in [1.82, 2.24) is 9.79 Å². The van der Waals surface area contributed by atoms with Crippen LogP contribution in [0.2, 0.25) is 5.02 Å². The van der Waals surface area contributed by atoms with Gasteiger partial charge in [-0.1, -0.05) is 35.9 Å². The summed E-state index contributed by atoms with van der Waals surface area (Å²) < 4.78 is 24.5. The van der Waals surface area contributed by atoms with Gasteiger partial charge in [0.25, 0.3) is 15.9 Å². The fourth-order valence-corrected chi connectivity index (χ4v) is 3.34. The lowest BCUT2D eigenvalue weighted by Gasteiger charge is -2.11. The van der Waals surface area contributed by atoms with Gasteiger partial charge in [-0.15, -0.1) is 0 Å². The molecule has 2 aromatic rings. The van der Waals surface area contributed by atoms with Crippen LogP contribution < -0.4 is 4.89 Å². The van der Waals surface area contributed by atoms with Gasteiger partial charge in [-0.3, -0.25) is 14.5 Å². The molecule has 0 aromatic heterocycles. The predicted molar refractivity (Wildman–Crippen MR) is 104 cm³/mol. The number of carbonyl (C=O) groups excluding carboxylic acids is 3. The Morgan fingerprint density at radius 1 is 1.03 bits per heavy atom. The SMILES string of the molecule is O=C(CCN1C(=O)C=NC1=O)ONS(=O)(=O)c1ccc(-c2ccc(Cl)cc2)cc1. The first-order valence-corrected chi connectivity index (χ1v) is 10.1. The third kappa shape index (κ3) is 5.05. The maximum Gasteiger partial charge on any atom is 0.350 e. The minimum atomic E-state index is -4.11. The van der Waals surface area contributed by atoms with E-state index in [0.29, 0.717) is 5.02 Å². The number of imide groups is 1. The van der Waals surface area contributed by atoms with Crippen molar-refractivity contribution in [3.63, 3.8) is 0 Å². The van der Waals surface area contributed by atoms with E-state index in [1.54, 1.807) is 41.3 Å². The molecule has 9 nitrogen and oxygen atoms in total. The van der Waals surface area contributed by atoms with E-state index in [2.05, 4.69) is 9.83 Å². The summed E-state index contributed by atoms with van der Waals surface area (Å²) >= 11 is 5.85. The fraction of sp³-hybridized carbons (Fsp3) is 0.111. The van der Waals surface area contributed by atoms with Gasteiger partial charge in [-0.05, 0) is 40.3 Å². The third-order valence-electron chi connectivity index (χ3n) is 3.93. The van der Waals surface area contributed by atoms with Crippen LogP contribution in [0.25, 0.3) is 11.1 Å². The zero-order valence-electron chi connectivity index (χ0n) is 14.7. The largest absolute Gasteiger partial charge is 0.356 e. The third-order valence-corrected chi connectivity index (χ3v) is 5.38. The summed E-state index contributed by atoms with van der Waals surface area (Å²) in [6, 6.07) is 12.2. The van der Waals surface area contributed by atoms with Gasteiger partial charge >= 0.3 is 12.0 Å². The standard InChI is InChI=1S/C18H14ClN3O6S/c19-14-5-1-12(2-6-14)13-3-7-15(8-4-13)29(26,27)21-28-17(24)9-10-22-16(23)11-20-18(22)25/h1-8,11,21H,9-10H2. The van der Waals surface area contributed by atoms with Crippen molar-refractivity contribution in [3.05, 3.63) is 53.6 Å². The van der Waals surface area contributed by atoms with Crippen LogP contribution in [0.1, 0.15) is 6.42 Å². The predicted octanol–water partition coefficient (Wildman–Crippen LogP) is 2.17. The molecule has 29 heavy (non-hydrogen) atoms. The van der Waals surface area contributed by atoms with Crippen molar-refractivity contribution in [3.8, 4) is 11.1 Å². The smallest absolute Gasteiger partial charge is 0.350 e. The molecule has 0 radical (unpaired) electrons. The van der Waals surface area contributed by atoms with E-state index in [4.69, 9.17) is 11.6 Å². The van der Waals surface area contributed by atoms with Crippen LogP contribution in [-0.2, 0) is 24.4 Å². The van der Waals surface area contributed by atoms with Gasteiger partial charge < -0.3 is 4.84 Å². The molecule has 11 heteroatoms. The van der Waals surface area contributed by atoms with Crippen LogP contribution in [0.4, 0.5) is 4.79 Å². The zero-order chi connectivity index (χ0) is 21.0. The number of sulfonamides is 1. The van der Waals surface area contributed by atoms with Gasteiger partial charge in [-0.2, -0.15) is 4.99 Å². The van der Waals surface area contributed by atoms with E-state index >= 15 is 0 Å². The first-order valence-electron chi connectivity index (χ1n) is 8.23. The Morgan fingerprint density at radius 3 is 2.17 bits per heavy atom. The van der Waals surface area contributed by atoms with Gasteiger partial charge in [0.2, 0.25) is 0 Å². The normalized spacial score (nSPS) is 13.8. The number of nitrogens with one attached hydrogen (secondary N) is 1. The molecule has 0 saturated heterocycles. The van der Waals surface area contributed by atoms with Crippen LogP contribution >= 0.6 is 11.6 Å². The molecule has 3 amide bonds. The molecule has 0 bridgehead atoms. The number of nitrogens with zero attached hydrogens (tertiary/aromatic N) is 2. The summed E-state index contributed by atoms with van der Waals surface area (Å²) in [7, 11) is -4.11. The lowest BCUT2D eigenvalue weighted by molar-refractivity contribution is -0.147. The summed E-state index contributed by atoms with van der Waals surface area (Å²) in [6.45, 7) is -0.270. The average Bonchev–Trinajstić information content (AvgIpc) is 3.03. The van der Waals surface area contributed by atoms with E-state index in [9.17, 15) is 22.8 Å². The number of halogens is 1. The maximum atomic E-state index is 12.2. The number of amides is 3. The minimum absolute atomic E-state index is 0.110. The molecule has 1 N–H and O–H groups in total. The summed E-state index contributed by atoms with van der Waals surface area (Å²) in [5.74, 6) is -1.61. The maximum absolute atomic E-state index is 12.2. The Balaban J connectivity index is 1.56. The Hall–Kier alpha value is -3.08. The second kappa shape index (κ2) is 8.52. The number of urea groups is 1. The number of carbonyl (C=O) groups is 3. The van der Waals surface area contributed by atoms with Crippen LogP contribution in [0.3, 0.4) is 0 Å². The second-order valence-electron chi connectivity index (χ2n) is 5.87. The van der Waals surface area contributed by atoms with Crippen LogP contribution in [0.5, 0.6) is 0 Å². The number of aliphatic imine (C=N–C) groups is 1. The fourth-order valence-electron chi connectivity index (χ4n) is 2.42. The quantitative estimate of drug-likeness (QED) is 0.665. The molecule has 0 spiro atoms. The lowest BCUT2D eigenvalue weighted by atomic mass is 10.1. The summed E-state index contributed by atoms with van der Waals surface area (Å²) in [5, 5.41) is 0.588. The Kier molecular flexibility index (Phi) is 6.06. The van der Waals surface area contributed by atoms with Crippen molar-refractivity contribution in [1.29, 1.82) is 0 Å². The molecule has 0 unspecified atom stereocenters. The molecular weight excluding hydrogens is 422 g/mol. The van der Waals surface area contributed by atoms with E-state index in [1.807, 2.05) is 0 Å². The summed E-state index contributed by atoms with van der Waals surface area (Å²) in [4.78, 5) is 44.5. The first kappa shape index (κ1) is 20.6. The van der Waals surface area contributed by atoms with Crippen molar-refractivity contribution in [2.45, 2.75) is 11.3 Å². The van der Waals surface area contributed by atoms with Crippen LogP contribution in [0.15, 0.2) is 58.4 Å². The highest BCUT2D eigenvalue weighted by Crippen LogP contribution is 2.23. The summed E-state index contributed by atoms with van der Waals surface area (Å²) in [5.41, 5.74) is 1.63. The van der Waals surface area contributed by atoms with Crippen molar-refractivity contribution >= 4 is 45.7 Å². The average molecular weight is 436 g/mol. The summed E-state index contributed by atoms with van der Waals surface area (Å²) in [6.07, 6.45) is 0.447. The van der Waals surface area contributed by atoms with Gasteiger partial charge in [0, 0.05) is 11.6 Å². The van der Waals surface area contributed by atoms with Crippen molar-refractivity contribution in [2.75, 3.05) is 6.54 Å². The number of benzene rings is 2. The minimum Gasteiger partial charge on any atom is -0.356 e. The molecule has 150 valence electrons. The number of rotatable bonds is 7. The highest BCUT2D eigenvalue weighted by molar-refractivity contribution is 7.89. The zero-order valence-corrected chi connectivity index (χ0v) is 16.3. The van der Waals surface area contributed by atoms with E-state index < -0.39 is 34.4 Å². The highest BCUT2D eigenvalue weighted by Gasteiger charge is 2.26. The molecule has 0 atom stereocenters. The molecule has 3 rings (SSSR count). The highest BCUT2D eigenvalue weighted by atomic mass is 35.5. The van der Waals surface area contributed by atoms with Crippen LogP contribution in [-0.4, -0.2) is 44.0 Å².